The Morgan fingerprint density at radius 2 is 1.90 bits per heavy atom. The van der Waals surface area contributed by atoms with Crippen LogP contribution in [0.1, 0.15) is 5.56 Å². The molecule has 0 radical (unpaired) electrons. The third-order valence-electron chi connectivity index (χ3n) is 2.60. The molecule has 2 aromatic rings. The lowest BCUT2D eigenvalue weighted by atomic mass is 10.2. The van der Waals surface area contributed by atoms with Crippen molar-refractivity contribution in [3.05, 3.63) is 57.8 Å². The molecule has 0 aliphatic heterocycles. The number of sulfonamides is 1. The van der Waals surface area contributed by atoms with Gasteiger partial charge in [-0.3, -0.25) is 9.71 Å². The van der Waals surface area contributed by atoms with Gasteiger partial charge in [-0.15, -0.1) is 0 Å². The van der Waals surface area contributed by atoms with Gasteiger partial charge in [0.05, 0.1) is 16.5 Å². The largest absolute Gasteiger partial charge is 0.283 e. The van der Waals surface area contributed by atoms with Crippen molar-refractivity contribution in [1.29, 1.82) is 0 Å². The molecule has 4 nitrogen and oxygen atoms in total. The fourth-order valence-electron chi connectivity index (χ4n) is 1.59. The highest BCUT2D eigenvalue weighted by Gasteiger charge is 2.11. The van der Waals surface area contributed by atoms with E-state index in [4.69, 9.17) is 11.6 Å². The number of halogens is 2. The van der Waals surface area contributed by atoms with E-state index in [1.54, 1.807) is 42.7 Å². The molecule has 0 fully saturated rings. The average molecular weight is 376 g/mol. The molecule has 1 N–H and O–H groups in total. The number of rotatable bonds is 5. The lowest BCUT2D eigenvalue weighted by Gasteiger charge is -2.09. The molecule has 2 rings (SSSR count). The van der Waals surface area contributed by atoms with E-state index in [2.05, 4.69) is 25.6 Å². The second-order valence-electron chi connectivity index (χ2n) is 4.16. The Hall–Kier alpha value is -1.11. The van der Waals surface area contributed by atoms with Crippen LogP contribution in [0.15, 0.2) is 47.2 Å². The van der Waals surface area contributed by atoms with Gasteiger partial charge in [0.2, 0.25) is 10.0 Å². The van der Waals surface area contributed by atoms with Crippen molar-refractivity contribution in [3.8, 4) is 0 Å². The Balaban J connectivity index is 2.02. The van der Waals surface area contributed by atoms with Crippen molar-refractivity contribution >= 4 is 43.2 Å². The summed E-state index contributed by atoms with van der Waals surface area (Å²) in [5.74, 6) is 0.00466. The van der Waals surface area contributed by atoms with Crippen LogP contribution in [0.3, 0.4) is 0 Å². The summed E-state index contributed by atoms with van der Waals surface area (Å²) < 4.78 is 27.2. The third-order valence-corrected chi connectivity index (χ3v) is 5.12. The fourth-order valence-corrected chi connectivity index (χ4v) is 3.11. The Morgan fingerprint density at radius 1 is 1.20 bits per heavy atom. The first-order valence-electron chi connectivity index (χ1n) is 5.81. The van der Waals surface area contributed by atoms with E-state index >= 15 is 0 Å². The van der Waals surface area contributed by atoms with Crippen LogP contribution < -0.4 is 4.72 Å². The van der Waals surface area contributed by atoms with E-state index in [1.807, 2.05) is 0 Å². The van der Waals surface area contributed by atoms with Gasteiger partial charge in [-0.25, -0.2) is 8.42 Å². The highest BCUT2D eigenvalue weighted by molar-refractivity contribution is 9.10. The normalized spacial score (nSPS) is 11.3. The van der Waals surface area contributed by atoms with Gasteiger partial charge in [-0.2, -0.15) is 0 Å². The molecule has 106 valence electrons. The number of anilines is 1. The number of benzene rings is 1. The second-order valence-corrected chi connectivity index (χ2v) is 7.26. The monoisotopic (exact) mass is 374 g/mol. The Kier molecular flexibility index (Phi) is 5.01. The van der Waals surface area contributed by atoms with Crippen molar-refractivity contribution < 1.29 is 8.42 Å². The van der Waals surface area contributed by atoms with Crippen molar-refractivity contribution in [1.82, 2.24) is 4.98 Å². The van der Waals surface area contributed by atoms with Crippen LogP contribution in [0.5, 0.6) is 0 Å². The van der Waals surface area contributed by atoms with Crippen molar-refractivity contribution in [3.63, 3.8) is 0 Å². The summed E-state index contributed by atoms with van der Waals surface area (Å²) in [6, 6.07) is 8.51. The summed E-state index contributed by atoms with van der Waals surface area (Å²) in [6.07, 6.45) is 3.72. The van der Waals surface area contributed by atoms with Gasteiger partial charge in [0.15, 0.2) is 0 Å². The highest BCUT2D eigenvalue weighted by Crippen LogP contribution is 2.26. The molecule has 0 amide bonds. The molecule has 0 unspecified atom stereocenters. The van der Waals surface area contributed by atoms with Crippen LogP contribution in [-0.4, -0.2) is 19.2 Å². The van der Waals surface area contributed by atoms with Gasteiger partial charge >= 0.3 is 0 Å². The molecule has 1 heterocycles. The Labute approximate surface area is 131 Å². The molecule has 0 aliphatic carbocycles. The smallest absolute Gasteiger partial charge is 0.233 e. The lowest BCUT2D eigenvalue weighted by molar-refractivity contribution is 0.600. The van der Waals surface area contributed by atoms with Gasteiger partial charge in [0.1, 0.15) is 0 Å². The average Bonchev–Trinajstić information content (AvgIpc) is 2.42. The van der Waals surface area contributed by atoms with Crippen molar-refractivity contribution in [2.75, 3.05) is 10.5 Å². The quantitative estimate of drug-likeness (QED) is 0.870. The Morgan fingerprint density at radius 3 is 2.55 bits per heavy atom. The van der Waals surface area contributed by atoms with Gasteiger partial charge in [-0.05, 0) is 58.2 Å². The van der Waals surface area contributed by atoms with Crippen LogP contribution in [0.4, 0.5) is 5.69 Å². The molecular formula is C13H12BrClN2O2S. The van der Waals surface area contributed by atoms with Gasteiger partial charge in [-0.1, -0.05) is 11.6 Å². The van der Waals surface area contributed by atoms with Gasteiger partial charge in [0.25, 0.3) is 0 Å². The van der Waals surface area contributed by atoms with E-state index < -0.39 is 10.0 Å². The topological polar surface area (TPSA) is 59.1 Å². The molecular weight excluding hydrogens is 364 g/mol. The maximum Gasteiger partial charge on any atom is 0.233 e. The molecule has 7 heteroatoms. The predicted molar refractivity (Wildman–Crippen MR) is 84.5 cm³/mol. The molecule has 0 saturated heterocycles. The number of hydrogen-bond donors (Lipinski definition) is 1. The maximum absolute atomic E-state index is 12.0. The van der Waals surface area contributed by atoms with Gasteiger partial charge in [0, 0.05) is 16.9 Å². The summed E-state index contributed by atoms with van der Waals surface area (Å²) >= 11 is 9.18. The van der Waals surface area contributed by atoms with Crippen LogP contribution in [0.25, 0.3) is 0 Å². The minimum Gasteiger partial charge on any atom is -0.283 e. The molecule has 0 bridgehead atoms. The number of nitrogens with zero attached hydrogens (tertiary/aromatic N) is 1. The number of nitrogens with one attached hydrogen (secondary N) is 1. The summed E-state index contributed by atoms with van der Waals surface area (Å²) in [7, 11) is -3.41. The minimum atomic E-state index is -3.41. The number of pyridine rings is 1. The first kappa shape index (κ1) is 15.3. The van der Waals surface area contributed by atoms with E-state index in [0.717, 1.165) is 10.0 Å². The molecule has 0 atom stereocenters. The number of aromatic nitrogens is 1. The fraction of sp³-hybridized carbons (Fsp3) is 0.154. The standard InChI is InChI=1S/C13H12BrClN2O2S/c14-12-2-1-11(9-13(12)15)17-20(18,19)8-5-10-3-6-16-7-4-10/h1-4,6-7,9,17H,5,8H2. The van der Waals surface area contributed by atoms with Crippen LogP contribution in [-0.2, 0) is 16.4 Å². The van der Waals surface area contributed by atoms with E-state index in [-0.39, 0.29) is 5.75 Å². The zero-order chi connectivity index (χ0) is 14.6. The van der Waals surface area contributed by atoms with Crippen molar-refractivity contribution in [2.45, 2.75) is 6.42 Å². The zero-order valence-electron chi connectivity index (χ0n) is 10.4. The second kappa shape index (κ2) is 6.56. The first-order chi connectivity index (χ1) is 9.46. The molecule has 0 saturated carbocycles. The van der Waals surface area contributed by atoms with Crippen LogP contribution in [0, 0.1) is 0 Å². The Bertz CT molecular complexity index is 693. The molecule has 0 aliphatic rings. The van der Waals surface area contributed by atoms with E-state index in [0.29, 0.717) is 17.1 Å². The predicted octanol–water partition coefficient (Wildman–Crippen LogP) is 3.48. The minimum absolute atomic E-state index is 0.00466. The summed E-state index contributed by atoms with van der Waals surface area (Å²) in [4.78, 5) is 3.89. The van der Waals surface area contributed by atoms with E-state index in [9.17, 15) is 8.42 Å². The summed E-state index contributed by atoms with van der Waals surface area (Å²) in [5, 5.41) is 0.458. The maximum atomic E-state index is 12.0. The highest BCUT2D eigenvalue weighted by atomic mass is 79.9. The van der Waals surface area contributed by atoms with Crippen LogP contribution in [0.2, 0.25) is 5.02 Å². The van der Waals surface area contributed by atoms with Crippen molar-refractivity contribution in [2.24, 2.45) is 0 Å². The molecule has 0 spiro atoms. The number of aryl methyl sites for hydroxylation is 1. The number of hydrogen-bond acceptors (Lipinski definition) is 3. The molecule has 1 aromatic carbocycles. The summed E-state index contributed by atoms with van der Waals surface area (Å²) in [5.41, 5.74) is 1.38. The first-order valence-corrected chi connectivity index (χ1v) is 8.63. The SMILES string of the molecule is O=S(=O)(CCc1ccncc1)Nc1ccc(Br)c(Cl)c1. The molecule has 20 heavy (non-hydrogen) atoms. The third kappa shape index (κ3) is 4.47. The summed E-state index contributed by atoms with van der Waals surface area (Å²) in [6.45, 7) is 0. The lowest BCUT2D eigenvalue weighted by Crippen LogP contribution is -2.18. The van der Waals surface area contributed by atoms with Gasteiger partial charge < -0.3 is 0 Å². The zero-order valence-corrected chi connectivity index (χ0v) is 13.5. The van der Waals surface area contributed by atoms with Crippen LogP contribution >= 0.6 is 27.5 Å². The molecule has 1 aromatic heterocycles. The van der Waals surface area contributed by atoms with E-state index in [1.165, 1.54) is 0 Å².